The first-order chi connectivity index (χ1) is 14.2. The SMILES string of the molecule is O=C(/C=C/COCC(O)CNC1C=CC=C2C=CC=CC21)OCc1ccccc1. The molecule has 1 aromatic rings. The maximum absolute atomic E-state index is 11.7. The smallest absolute Gasteiger partial charge is 0.330 e. The Morgan fingerprint density at radius 3 is 2.90 bits per heavy atom. The molecular formula is C24H27NO4. The van der Waals surface area contributed by atoms with Gasteiger partial charge in [-0.3, -0.25) is 0 Å². The molecule has 152 valence electrons. The van der Waals surface area contributed by atoms with Gasteiger partial charge < -0.3 is 19.9 Å². The Bertz CT molecular complexity index is 807. The second-order valence-corrected chi connectivity index (χ2v) is 6.94. The number of carbonyl (C=O) groups is 1. The zero-order valence-electron chi connectivity index (χ0n) is 16.3. The lowest BCUT2D eigenvalue weighted by molar-refractivity contribution is -0.139. The summed E-state index contributed by atoms with van der Waals surface area (Å²) in [5.74, 6) is -0.120. The Labute approximate surface area is 171 Å². The molecule has 0 heterocycles. The highest BCUT2D eigenvalue weighted by molar-refractivity contribution is 5.81. The molecule has 0 aliphatic heterocycles. The minimum atomic E-state index is -0.626. The van der Waals surface area contributed by atoms with E-state index in [1.807, 2.05) is 48.6 Å². The first-order valence-corrected chi connectivity index (χ1v) is 9.82. The van der Waals surface area contributed by atoms with Gasteiger partial charge in [-0.2, -0.15) is 0 Å². The molecule has 0 aromatic heterocycles. The van der Waals surface area contributed by atoms with Gasteiger partial charge in [-0.25, -0.2) is 4.79 Å². The summed E-state index contributed by atoms with van der Waals surface area (Å²) in [5, 5.41) is 13.5. The highest BCUT2D eigenvalue weighted by Crippen LogP contribution is 2.26. The van der Waals surface area contributed by atoms with E-state index in [1.54, 1.807) is 6.08 Å². The maximum Gasteiger partial charge on any atom is 0.330 e. The molecular weight excluding hydrogens is 366 g/mol. The van der Waals surface area contributed by atoms with Gasteiger partial charge in [0.15, 0.2) is 0 Å². The molecule has 2 N–H and O–H groups in total. The molecule has 0 fully saturated rings. The van der Waals surface area contributed by atoms with Crippen molar-refractivity contribution in [3.05, 3.63) is 96.2 Å². The average molecular weight is 393 g/mol. The number of esters is 1. The molecule has 0 saturated heterocycles. The van der Waals surface area contributed by atoms with Crippen LogP contribution in [-0.4, -0.2) is 43.0 Å². The van der Waals surface area contributed by atoms with Crippen LogP contribution in [0.3, 0.4) is 0 Å². The fourth-order valence-electron chi connectivity index (χ4n) is 3.19. The maximum atomic E-state index is 11.7. The van der Waals surface area contributed by atoms with Crippen molar-refractivity contribution >= 4 is 5.97 Å². The summed E-state index contributed by atoms with van der Waals surface area (Å²) in [7, 11) is 0. The van der Waals surface area contributed by atoms with Gasteiger partial charge in [-0.1, -0.05) is 78.9 Å². The van der Waals surface area contributed by atoms with Gasteiger partial charge in [0.2, 0.25) is 0 Å². The molecule has 5 nitrogen and oxygen atoms in total. The van der Waals surface area contributed by atoms with Crippen molar-refractivity contribution in [2.45, 2.75) is 18.8 Å². The van der Waals surface area contributed by atoms with E-state index in [2.05, 4.69) is 29.6 Å². The molecule has 1 aromatic carbocycles. The number of aliphatic hydroxyl groups excluding tert-OH is 1. The summed E-state index contributed by atoms with van der Waals surface area (Å²) >= 11 is 0. The number of hydrogen-bond donors (Lipinski definition) is 2. The van der Waals surface area contributed by atoms with E-state index in [-0.39, 0.29) is 25.9 Å². The molecule has 3 rings (SSSR count). The number of hydrogen-bond acceptors (Lipinski definition) is 5. The second kappa shape index (κ2) is 11.3. The molecule has 0 amide bonds. The van der Waals surface area contributed by atoms with E-state index in [0.29, 0.717) is 12.5 Å². The van der Waals surface area contributed by atoms with Crippen molar-refractivity contribution in [3.8, 4) is 0 Å². The van der Waals surface area contributed by atoms with Crippen LogP contribution in [0.15, 0.2) is 90.6 Å². The lowest BCUT2D eigenvalue weighted by atomic mass is 9.84. The number of carbonyl (C=O) groups excluding carboxylic acids is 1. The van der Waals surface area contributed by atoms with E-state index in [9.17, 15) is 9.90 Å². The predicted molar refractivity (Wildman–Crippen MR) is 113 cm³/mol. The van der Waals surface area contributed by atoms with Crippen LogP contribution in [0.2, 0.25) is 0 Å². The Morgan fingerprint density at radius 1 is 1.17 bits per heavy atom. The molecule has 0 radical (unpaired) electrons. The van der Waals surface area contributed by atoms with Crippen LogP contribution in [0, 0.1) is 5.92 Å². The van der Waals surface area contributed by atoms with E-state index < -0.39 is 12.1 Å². The zero-order chi connectivity index (χ0) is 20.3. The van der Waals surface area contributed by atoms with Crippen molar-refractivity contribution in [3.63, 3.8) is 0 Å². The van der Waals surface area contributed by atoms with Gasteiger partial charge >= 0.3 is 5.97 Å². The first-order valence-electron chi connectivity index (χ1n) is 9.82. The minimum absolute atomic E-state index is 0.158. The quantitative estimate of drug-likeness (QED) is 0.364. The number of rotatable bonds is 10. The molecule has 2 aliphatic carbocycles. The molecule has 3 atom stereocenters. The first kappa shape index (κ1) is 21.0. The Balaban J connectivity index is 1.27. The molecule has 2 aliphatic rings. The normalized spacial score (nSPS) is 21.1. The number of aliphatic hydroxyl groups is 1. The van der Waals surface area contributed by atoms with E-state index in [4.69, 9.17) is 9.47 Å². The number of fused-ring (bicyclic) bond motifs is 1. The molecule has 0 bridgehead atoms. The van der Waals surface area contributed by atoms with Crippen molar-refractivity contribution in [1.29, 1.82) is 0 Å². The fourth-order valence-corrected chi connectivity index (χ4v) is 3.19. The number of allylic oxidation sites excluding steroid dienone is 5. The van der Waals surface area contributed by atoms with E-state index in [1.165, 1.54) is 11.6 Å². The van der Waals surface area contributed by atoms with Crippen LogP contribution < -0.4 is 5.32 Å². The number of benzene rings is 1. The van der Waals surface area contributed by atoms with Crippen LogP contribution in [0.1, 0.15) is 5.56 Å². The Hall–Kier alpha value is -2.73. The molecule has 29 heavy (non-hydrogen) atoms. The van der Waals surface area contributed by atoms with Crippen LogP contribution >= 0.6 is 0 Å². The summed E-state index contributed by atoms with van der Waals surface area (Å²) in [6, 6.07) is 9.67. The van der Waals surface area contributed by atoms with Gasteiger partial charge in [0.25, 0.3) is 0 Å². The molecule has 0 saturated carbocycles. The summed E-state index contributed by atoms with van der Waals surface area (Å²) < 4.78 is 10.6. The van der Waals surface area contributed by atoms with Crippen molar-refractivity contribution in [1.82, 2.24) is 5.32 Å². The topological polar surface area (TPSA) is 67.8 Å². The Morgan fingerprint density at radius 2 is 2.03 bits per heavy atom. The van der Waals surface area contributed by atoms with Crippen LogP contribution in [0.4, 0.5) is 0 Å². The fraction of sp³-hybridized carbons (Fsp3) is 0.292. The van der Waals surface area contributed by atoms with Gasteiger partial charge in [0.05, 0.1) is 19.3 Å². The third kappa shape index (κ3) is 6.98. The van der Waals surface area contributed by atoms with E-state index >= 15 is 0 Å². The van der Waals surface area contributed by atoms with Crippen molar-refractivity contribution in [2.24, 2.45) is 5.92 Å². The summed E-state index contributed by atoms with van der Waals surface area (Å²) in [6.07, 6.45) is 16.9. The number of ether oxygens (including phenoxy) is 2. The van der Waals surface area contributed by atoms with Crippen LogP contribution in [-0.2, 0) is 20.9 Å². The highest BCUT2D eigenvalue weighted by atomic mass is 16.5. The summed E-state index contributed by atoms with van der Waals surface area (Å²) in [6.45, 7) is 1.10. The molecule has 0 spiro atoms. The van der Waals surface area contributed by atoms with Crippen molar-refractivity contribution in [2.75, 3.05) is 19.8 Å². The molecule has 5 heteroatoms. The lowest BCUT2D eigenvalue weighted by Crippen LogP contribution is -2.41. The van der Waals surface area contributed by atoms with Crippen molar-refractivity contribution < 1.29 is 19.4 Å². The predicted octanol–water partition coefficient (Wildman–Crippen LogP) is 2.86. The number of nitrogens with one attached hydrogen (secondary N) is 1. The van der Waals surface area contributed by atoms with Gasteiger partial charge in [0, 0.05) is 24.6 Å². The monoisotopic (exact) mass is 393 g/mol. The highest BCUT2D eigenvalue weighted by Gasteiger charge is 2.23. The average Bonchev–Trinajstić information content (AvgIpc) is 2.76. The van der Waals surface area contributed by atoms with Gasteiger partial charge in [0.1, 0.15) is 6.61 Å². The third-order valence-electron chi connectivity index (χ3n) is 4.69. The lowest BCUT2D eigenvalue weighted by Gasteiger charge is -2.29. The van der Waals surface area contributed by atoms with Crippen LogP contribution in [0.25, 0.3) is 0 Å². The standard InChI is InChI=1S/C24H27NO4/c26-21(16-25-23-13-6-11-20-10-4-5-12-22(20)23)18-28-15-7-14-24(27)29-17-19-8-2-1-3-9-19/h1-14,21-23,25-26H,15-18H2/b14-7+. The second-order valence-electron chi connectivity index (χ2n) is 6.94. The molecule has 3 unspecified atom stereocenters. The minimum Gasteiger partial charge on any atom is -0.458 e. The van der Waals surface area contributed by atoms with E-state index in [0.717, 1.165) is 5.56 Å². The largest absolute Gasteiger partial charge is 0.458 e. The Kier molecular flexibility index (Phi) is 8.19. The summed E-state index contributed by atoms with van der Waals surface area (Å²) in [5.41, 5.74) is 2.21. The van der Waals surface area contributed by atoms with Gasteiger partial charge in [-0.15, -0.1) is 0 Å². The third-order valence-corrected chi connectivity index (χ3v) is 4.69. The van der Waals surface area contributed by atoms with Crippen LogP contribution in [0.5, 0.6) is 0 Å². The zero-order valence-corrected chi connectivity index (χ0v) is 16.3. The van der Waals surface area contributed by atoms with Gasteiger partial charge in [-0.05, 0) is 11.1 Å². The summed E-state index contributed by atoms with van der Waals surface area (Å²) in [4.78, 5) is 11.7.